The predicted octanol–water partition coefficient (Wildman–Crippen LogP) is 1.05. The van der Waals surface area contributed by atoms with Crippen LogP contribution in [0.4, 0.5) is 0 Å². The summed E-state index contributed by atoms with van der Waals surface area (Å²) in [6, 6.07) is 10.2. The van der Waals surface area contributed by atoms with Gasteiger partial charge in [-0.25, -0.2) is 0 Å². The second-order valence-corrected chi connectivity index (χ2v) is 5.49. The SMILES string of the molecule is COC(=O)[C@@H]1C2NC(CC2O)C[C@H]1c1ccccc1. The number of nitrogens with one attached hydrogen (secondary N) is 1. The summed E-state index contributed by atoms with van der Waals surface area (Å²) in [4.78, 5) is 12.1. The summed E-state index contributed by atoms with van der Waals surface area (Å²) < 4.78 is 4.95. The number of carbonyl (C=O) groups is 1. The Morgan fingerprint density at radius 2 is 2.05 bits per heavy atom. The first kappa shape index (κ1) is 12.6. The Balaban J connectivity index is 1.95. The van der Waals surface area contributed by atoms with E-state index in [1.165, 1.54) is 7.11 Å². The minimum absolute atomic E-state index is 0.127. The lowest BCUT2D eigenvalue weighted by atomic mass is 9.77. The molecule has 102 valence electrons. The second-order valence-electron chi connectivity index (χ2n) is 5.49. The molecule has 3 rings (SSSR count). The fourth-order valence-corrected chi connectivity index (χ4v) is 3.59. The third-order valence-corrected chi connectivity index (χ3v) is 4.43. The first-order valence-corrected chi connectivity index (χ1v) is 6.77. The summed E-state index contributed by atoms with van der Waals surface area (Å²) in [5.74, 6) is -0.408. The van der Waals surface area contributed by atoms with Crippen LogP contribution in [0.3, 0.4) is 0 Å². The molecule has 4 nitrogen and oxygen atoms in total. The summed E-state index contributed by atoms with van der Waals surface area (Å²) in [6.07, 6.45) is 1.14. The van der Waals surface area contributed by atoms with Crippen molar-refractivity contribution in [2.75, 3.05) is 7.11 Å². The number of piperidine rings is 1. The number of hydrogen-bond donors (Lipinski definition) is 2. The van der Waals surface area contributed by atoms with Gasteiger partial charge in [-0.3, -0.25) is 4.79 Å². The zero-order valence-electron chi connectivity index (χ0n) is 11.0. The molecule has 1 aromatic rings. The molecule has 2 fully saturated rings. The first-order valence-electron chi connectivity index (χ1n) is 6.77. The normalized spacial score (nSPS) is 37.1. The number of hydrogen-bond acceptors (Lipinski definition) is 4. The van der Waals surface area contributed by atoms with Gasteiger partial charge in [-0.1, -0.05) is 30.3 Å². The van der Waals surface area contributed by atoms with Gasteiger partial charge < -0.3 is 15.2 Å². The minimum Gasteiger partial charge on any atom is -0.469 e. The number of rotatable bonds is 2. The van der Waals surface area contributed by atoms with E-state index >= 15 is 0 Å². The van der Waals surface area contributed by atoms with Gasteiger partial charge in [0.15, 0.2) is 0 Å². The average Bonchev–Trinajstić information content (AvgIpc) is 2.74. The van der Waals surface area contributed by atoms with Gasteiger partial charge in [0.2, 0.25) is 0 Å². The van der Waals surface area contributed by atoms with Crippen LogP contribution < -0.4 is 5.32 Å². The zero-order valence-corrected chi connectivity index (χ0v) is 11.0. The zero-order chi connectivity index (χ0) is 13.4. The van der Waals surface area contributed by atoms with Gasteiger partial charge in [-0.15, -0.1) is 0 Å². The van der Waals surface area contributed by atoms with Crippen molar-refractivity contribution in [3.63, 3.8) is 0 Å². The van der Waals surface area contributed by atoms with E-state index < -0.39 is 6.10 Å². The lowest BCUT2D eigenvalue weighted by Gasteiger charge is -2.36. The standard InChI is InChI=1S/C15H19NO3/c1-19-15(18)13-11(9-5-3-2-4-6-9)7-10-8-12(17)14(13)16-10/h2-6,10-14,16-17H,7-8H2,1H3/t10?,11-,12?,13-,14?/m0/s1. The fourth-order valence-electron chi connectivity index (χ4n) is 3.59. The maximum absolute atomic E-state index is 12.1. The highest BCUT2D eigenvalue weighted by Crippen LogP contribution is 2.42. The van der Waals surface area contributed by atoms with Crippen molar-refractivity contribution in [2.24, 2.45) is 5.92 Å². The number of benzene rings is 1. The van der Waals surface area contributed by atoms with Crippen LogP contribution >= 0.6 is 0 Å². The Labute approximate surface area is 112 Å². The molecule has 19 heavy (non-hydrogen) atoms. The molecule has 0 spiro atoms. The predicted molar refractivity (Wildman–Crippen MR) is 70.6 cm³/mol. The molecule has 2 aliphatic heterocycles. The number of methoxy groups -OCH3 is 1. The van der Waals surface area contributed by atoms with Crippen LogP contribution in [0.1, 0.15) is 24.3 Å². The minimum atomic E-state index is -0.456. The molecule has 5 atom stereocenters. The molecular formula is C15H19NO3. The number of aliphatic hydroxyl groups excluding tert-OH is 1. The second kappa shape index (κ2) is 4.94. The number of aliphatic hydroxyl groups is 1. The largest absolute Gasteiger partial charge is 0.469 e. The van der Waals surface area contributed by atoms with Crippen LogP contribution in [0.15, 0.2) is 30.3 Å². The summed E-state index contributed by atoms with van der Waals surface area (Å²) in [6.45, 7) is 0. The smallest absolute Gasteiger partial charge is 0.310 e. The molecule has 0 aliphatic carbocycles. The van der Waals surface area contributed by atoms with Gasteiger partial charge in [0.05, 0.1) is 19.1 Å². The van der Waals surface area contributed by atoms with E-state index in [4.69, 9.17) is 4.74 Å². The van der Waals surface area contributed by atoms with Crippen molar-refractivity contribution in [3.05, 3.63) is 35.9 Å². The summed E-state index contributed by atoms with van der Waals surface area (Å²) in [7, 11) is 1.41. The molecule has 2 N–H and O–H groups in total. The summed E-state index contributed by atoms with van der Waals surface area (Å²) in [5, 5.41) is 13.5. The highest BCUT2D eigenvalue weighted by Gasteiger charge is 2.50. The highest BCUT2D eigenvalue weighted by molar-refractivity contribution is 5.75. The summed E-state index contributed by atoms with van der Waals surface area (Å²) >= 11 is 0. The van der Waals surface area contributed by atoms with E-state index in [2.05, 4.69) is 17.4 Å². The van der Waals surface area contributed by atoms with E-state index in [0.717, 1.165) is 18.4 Å². The van der Waals surface area contributed by atoms with Crippen molar-refractivity contribution in [1.29, 1.82) is 0 Å². The molecule has 2 bridgehead atoms. The number of carbonyl (C=O) groups excluding carboxylic acids is 1. The van der Waals surface area contributed by atoms with Gasteiger partial charge in [-0.2, -0.15) is 0 Å². The van der Waals surface area contributed by atoms with Gasteiger partial charge in [0, 0.05) is 18.0 Å². The van der Waals surface area contributed by atoms with Gasteiger partial charge in [-0.05, 0) is 18.4 Å². The maximum atomic E-state index is 12.1. The molecule has 2 saturated heterocycles. The van der Waals surface area contributed by atoms with E-state index in [1.807, 2.05) is 18.2 Å². The van der Waals surface area contributed by atoms with Crippen LogP contribution in [0.5, 0.6) is 0 Å². The van der Waals surface area contributed by atoms with Crippen molar-refractivity contribution < 1.29 is 14.6 Å². The van der Waals surface area contributed by atoms with E-state index in [9.17, 15) is 9.90 Å². The first-order chi connectivity index (χ1) is 9.20. The van der Waals surface area contributed by atoms with E-state index in [-0.39, 0.29) is 23.8 Å². The van der Waals surface area contributed by atoms with Crippen LogP contribution in [-0.2, 0) is 9.53 Å². The third-order valence-electron chi connectivity index (χ3n) is 4.43. The van der Waals surface area contributed by atoms with Gasteiger partial charge >= 0.3 is 5.97 Å². The molecule has 3 unspecified atom stereocenters. The summed E-state index contributed by atoms with van der Waals surface area (Å²) in [5.41, 5.74) is 1.16. The Morgan fingerprint density at radius 1 is 1.32 bits per heavy atom. The van der Waals surface area contributed by atoms with Crippen molar-refractivity contribution >= 4 is 5.97 Å². The molecule has 0 radical (unpaired) electrons. The Bertz CT molecular complexity index is 462. The molecule has 0 amide bonds. The molecule has 2 aliphatic rings. The number of esters is 1. The average molecular weight is 261 g/mol. The molecule has 1 aromatic carbocycles. The van der Waals surface area contributed by atoms with E-state index in [1.54, 1.807) is 0 Å². The number of fused-ring (bicyclic) bond motifs is 2. The Morgan fingerprint density at radius 3 is 2.74 bits per heavy atom. The van der Waals surface area contributed by atoms with Crippen molar-refractivity contribution in [1.82, 2.24) is 5.32 Å². The fraction of sp³-hybridized carbons (Fsp3) is 0.533. The lowest BCUT2D eigenvalue weighted by molar-refractivity contribution is -0.149. The van der Waals surface area contributed by atoms with Crippen LogP contribution in [-0.4, -0.2) is 36.4 Å². The topological polar surface area (TPSA) is 58.6 Å². The highest BCUT2D eigenvalue weighted by atomic mass is 16.5. The van der Waals surface area contributed by atoms with Crippen molar-refractivity contribution in [3.8, 4) is 0 Å². The van der Waals surface area contributed by atoms with Crippen LogP contribution in [0.2, 0.25) is 0 Å². The maximum Gasteiger partial charge on any atom is 0.310 e. The quantitative estimate of drug-likeness (QED) is 0.781. The monoisotopic (exact) mass is 261 g/mol. The lowest BCUT2D eigenvalue weighted by Crippen LogP contribution is -2.50. The third kappa shape index (κ3) is 2.15. The molecule has 2 heterocycles. The number of ether oxygens (including phenoxy) is 1. The van der Waals surface area contributed by atoms with Crippen molar-refractivity contribution in [2.45, 2.75) is 36.9 Å². The van der Waals surface area contributed by atoms with E-state index in [0.29, 0.717) is 6.04 Å². The Hall–Kier alpha value is -1.39. The molecule has 0 saturated carbocycles. The van der Waals surface area contributed by atoms with Gasteiger partial charge in [0.1, 0.15) is 0 Å². The van der Waals surface area contributed by atoms with Gasteiger partial charge in [0.25, 0.3) is 0 Å². The Kier molecular flexibility index (Phi) is 3.29. The molecular weight excluding hydrogens is 242 g/mol. The molecule has 0 aromatic heterocycles. The van der Waals surface area contributed by atoms with Crippen LogP contribution in [0.25, 0.3) is 0 Å². The molecule has 4 heteroatoms. The van der Waals surface area contributed by atoms with Crippen LogP contribution in [0, 0.1) is 5.92 Å².